The van der Waals surface area contributed by atoms with E-state index < -0.39 is 16.4 Å². The van der Waals surface area contributed by atoms with Crippen molar-refractivity contribution in [3.05, 3.63) is 22.2 Å². The van der Waals surface area contributed by atoms with Crippen molar-refractivity contribution in [3.63, 3.8) is 0 Å². The summed E-state index contributed by atoms with van der Waals surface area (Å²) < 4.78 is 4.30. The van der Waals surface area contributed by atoms with E-state index >= 15 is 0 Å². The molecule has 2 aromatic rings. The van der Waals surface area contributed by atoms with E-state index in [-0.39, 0.29) is 11.0 Å². The Labute approximate surface area is 70.7 Å². The SMILES string of the molecule is O=[N+]([O-])c1c(O)ccc2nonc12. The Bertz CT molecular complexity index is 478. The van der Waals surface area contributed by atoms with Crippen molar-refractivity contribution in [3.8, 4) is 5.75 Å². The third-order valence-electron chi connectivity index (χ3n) is 1.56. The number of nitrogens with zero attached hydrogens (tertiary/aromatic N) is 3. The van der Waals surface area contributed by atoms with Gasteiger partial charge in [-0.2, -0.15) is 0 Å². The number of aromatic hydroxyl groups is 1. The van der Waals surface area contributed by atoms with Crippen LogP contribution in [0.25, 0.3) is 11.0 Å². The summed E-state index contributed by atoms with van der Waals surface area (Å²) in [6, 6.07) is 2.55. The molecule has 0 amide bonds. The molecule has 0 aliphatic heterocycles. The summed E-state index contributed by atoms with van der Waals surface area (Å²) >= 11 is 0. The Kier molecular flexibility index (Phi) is 1.38. The van der Waals surface area contributed by atoms with Crippen molar-refractivity contribution in [1.82, 2.24) is 10.3 Å². The number of phenols is 1. The third kappa shape index (κ3) is 0.975. The first-order chi connectivity index (χ1) is 6.20. The molecule has 66 valence electrons. The summed E-state index contributed by atoms with van der Waals surface area (Å²) in [5, 5.41) is 26.3. The number of hydrogen-bond donors (Lipinski definition) is 1. The van der Waals surface area contributed by atoms with E-state index in [2.05, 4.69) is 14.9 Å². The molecule has 0 aliphatic carbocycles. The van der Waals surface area contributed by atoms with E-state index in [1.165, 1.54) is 12.1 Å². The van der Waals surface area contributed by atoms with E-state index in [1.54, 1.807) is 0 Å². The topological polar surface area (TPSA) is 102 Å². The molecule has 7 heteroatoms. The largest absolute Gasteiger partial charge is 0.502 e. The molecule has 1 aromatic carbocycles. The van der Waals surface area contributed by atoms with E-state index in [0.717, 1.165) is 0 Å². The van der Waals surface area contributed by atoms with Gasteiger partial charge < -0.3 is 5.11 Å². The lowest BCUT2D eigenvalue weighted by Gasteiger charge is -1.93. The van der Waals surface area contributed by atoms with Crippen LogP contribution in [-0.2, 0) is 0 Å². The Morgan fingerprint density at radius 3 is 2.92 bits per heavy atom. The molecule has 1 N–H and O–H groups in total. The van der Waals surface area contributed by atoms with Crippen molar-refractivity contribution in [2.45, 2.75) is 0 Å². The zero-order valence-electron chi connectivity index (χ0n) is 6.17. The fourth-order valence-electron chi connectivity index (χ4n) is 1.01. The molecule has 1 aromatic heterocycles. The molecule has 0 aliphatic rings. The first kappa shape index (κ1) is 7.47. The van der Waals surface area contributed by atoms with E-state index in [4.69, 9.17) is 5.11 Å². The predicted molar refractivity (Wildman–Crippen MR) is 40.1 cm³/mol. The van der Waals surface area contributed by atoms with Crippen LogP contribution >= 0.6 is 0 Å². The van der Waals surface area contributed by atoms with Crippen molar-refractivity contribution in [2.24, 2.45) is 0 Å². The number of hydrogen-bond acceptors (Lipinski definition) is 6. The van der Waals surface area contributed by atoms with Gasteiger partial charge in [-0.1, -0.05) is 0 Å². The van der Waals surface area contributed by atoms with Gasteiger partial charge in [-0.15, -0.1) is 0 Å². The number of phenolic OH excluding ortho intramolecular Hbond substituents is 1. The monoisotopic (exact) mass is 181 g/mol. The van der Waals surface area contributed by atoms with Crippen LogP contribution in [0, 0.1) is 10.1 Å². The summed E-state index contributed by atoms with van der Waals surface area (Å²) in [5.74, 6) is -0.451. The molecule has 2 rings (SSSR count). The second-order valence-corrected chi connectivity index (χ2v) is 2.32. The predicted octanol–water partition coefficient (Wildman–Crippen LogP) is 0.837. The summed E-state index contributed by atoms with van der Waals surface area (Å²) in [6.45, 7) is 0. The molecular formula is C6H3N3O4. The Hall–Kier alpha value is -2.18. The van der Waals surface area contributed by atoms with Gasteiger partial charge in [0.2, 0.25) is 5.52 Å². The van der Waals surface area contributed by atoms with Crippen LogP contribution in [0.1, 0.15) is 0 Å². The van der Waals surface area contributed by atoms with Crippen molar-refractivity contribution in [1.29, 1.82) is 0 Å². The number of aromatic nitrogens is 2. The molecule has 1 heterocycles. The van der Waals surface area contributed by atoms with E-state index in [0.29, 0.717) is 0 Å². The second-order valence-electron chi connectivity index (χ2n) is 2.32. The highest BCUT2D eigenvalue weighted by Crippen LogP contribution is 2.31. The maximum Gasteiger partial charge on any atom is 0.341 e. The fraction of sp³-hybridized carbons (Fsp3) is 0. The van der Waals surface area contributed by atoms with E-state index in [9.17, 15) is 10.1 Å². The Morgan fingerprint density at radius 1 is 1.46 bits per heavy atom. The Balaban J connectivity index is 2.88. The molecule has 0 unspecified atom stereocenters. The first-order valence-corrected chi connectivity index (χ1v) is 3.29. The van der Waals surface area contributed by atoms with Crippen LogP contribution < -0.4 is 0 Å². The lowest BCUT2D eigenvalue weighted by Crippen LogP contribution is -1.89. The first-order valence-electron chi connectivity index (χ1n) is 3.29. The highest BCUT2D eigenvalue weighted by atomic mass is 16.6. The second kappa shape index (κ2) is 2.41. The van der Waals surface area contributed by atoms with Gasteiger partial charge in [0, 0.05) is 0 Å². The van der Waals surface area contributed by atoms with Crippen LogP contribution in [0.3, 0.4) is 0 Å². The van der Waals surface area contributed by atoms with Gasteiger partial charge in [0.1, 0.15) is 5.52 Å². The molecule has 0 atom stereocenters. The molecule has 7 nitrogen and oxygen atoms in total. The fourth-order valence-corrected chi connectivity index (χ4v) is 1.01. The van der Waals surface area contributed by atoms with Crippen LogP contribution in [0.5, 0.6) is 5.75 Å². The highest BCUT2D eigenvalue weighted by Gasteiger charge is 2.21. The van der Waals surface area contributed by atoms with Gasteiger partial charge >= 0.3 is 5.69 Å². The lowest BCUT2D eigenvalue weighted by atomic mass is 10.2. The molecule has 0 saturated carbocycles. The number of benzene rings is 1. The summed E-state index contributed by atoms with van der Waals surface area (Å²) in [7, 11) is 0. The van der Waals surface area contributed by atoms with Gasteiger partial charge in [-0.05, 0) is 22.4 Å². The molecule has 0 radical (unpaired) electrons. The molecular weight excluding hydrogens is 178 g/mol. The zero-order chi connectivity index (χ0) is 9.42. The van der Waals surface area contributed by atoms with Crippen LogP contribution in [0.4, 0.5) is 5.69 Å². The van der Waals surface area contributed by atoms with Gasteiger partial charge in [0.15, 0.2) is 5.75 Å². The van der Waals surface area contributed by atoms with Gasteiger partial charge in [0.25, 0.3) is 0 Å². The quantitative estimate of drug-likeness (QED) is 0.516. The van der Waals surface area contributed by atoms with Gasteiger partial charge in [0.05, 0.1) is 4.92 Å². The minimum atomic E-state index is -0.734. The van der Waals surface area contributed by atoms with Gasteiger partial charge in [-0.25, -0.2) is 4.63 Å². The van der Waals surface area contributed by atoms with Crippen molar-refractivity contribution in [2.75, 3.05) is 0 Å². The maximum atomic E-state index is 10.5. The average molecular weight is 181 g/mol. The van der Waals surface area contributed by atoms with Crippen LogP contribution in [0.15, 0.2) is 16.8 Å². The summed E-state index contributed by atoms with van der Waals surface area (Å²) in [4.78, 5) is 9.74. The van der Waals surface area contributed by atoms with Crippen molar-refractivity contribution >= 4 is 16.7 Å². The minimum absolute atomic E-state index is 0.0509. The van der Waals surface area contributed by atoms with Crippen LogP contribution in [-0.4, -0.2) is 20.3 Å². The van der Waals surface area contributed by atoms with Crippen molar-refractivity contribution < 1.29 is 14.7 Å². The molecule has 0 spiro atoms. The smallest absolute Gasteiger partial charge is 0.341 e. The zero-order valence-corrected chi connectivity index (χ0v) is 6.17. The van der Waals surface area contributed by atoms with E-state index in [1.807, 2.05) is 0 Å². The molecule has 13 heavy (non-hydrogen) atoms. The number of nitro benzene ring substituents is 1. The number of fused-ring (bicyclic) bond motifs is 1. The highest BCUT2D eigenvalue weighted by molar-refractivity contribution is 5.86. The third-order valence-corrected chi connectivity index (χ3v) is 1.56. The molecule has 0 saturated heterocycles. The normalized spacial score (nSPS) is 10.5. The standard InChI is InChI=1S/C6H3N3O4/c10-4-2-1-3-5(8-13-7-3)6(4)9(11)12/h1-2,10H. The summed E-state index contributed by atoms with van der Waals surface area (Å²) in [6.07, 6.45) is 0. The molecule has 0 bridgehead atoms. The molecule has 0 fully saturated rings. The Morgan fingerprint density at radius 2 is 2.23 bits per heavy atom. The van der Waals surface area contributed by atoms with Gasteiger partial charge in [-0.3, -0.25) is 10.1 Å². The number of nitro groups is 1. The maximum absolute atomic E-state index is 10.5. The summed E-state index contributed by atoms with van der Waals surface area (Å²) in [5.41, 5.74) is -0.298. The average Bonchev–Trinajstić information content (AvgIpc) is 2.50. The number of rotatable bonds is 1. The minimum Gasteiger partial charge on any atom is -0.502 e. The lowest BCUT2D eigenvalue weighted by molar-refractivity contribution is -0.384. The van der Waals surface area contributed by atoms with Crippen LogP contribution in [0.2, 0.25) is 0 Å².